The summed E-state index contributed by atoms with van der Waals surface area (Å²) in [5, 5.41) is 1.72. The van der Waals surface area contributed by atoms with Crippen LogP contribution in [0.2, 0.25) is 5.02 Å². The summed E-state index contributed by atoms with van der Waals surface area (Å²) in [7, 11) is 0. The van der Waals surface area contributed by atoms with Crippen LogP contribution in [0, 0.1) is 6.92 Å². The number of fused-ring (bicyclic) bond motifs is 1. The minimum atomic E-state index is 0.669. The van der Waals surface area contributed by atoms with Gasteiger partial charge in [-0.05, 0) is 24.3 Å². The van der Waals surface area contributed by atoms with Crippen molar-refractivity contribution < 1.29 is 4.42 Å². The molecular weight excluding hydrogens is 160 g/mol. The van der Waals surface area contributed by atoms with Gasteiger partial charge in [-0.25, -0.2) is 0 Å². The number of rotatable bonds is 0. The van der Waals surface area contributed by atoms with Crippen LogP contribution >= 0.6 is 11.6 Å². The molecule has 0 atom stereocenters. The highest BCUT2D eigenvalue weighted by Gasteiger charge is 1.98. The number of halogens is 1. The number of benzene rings is 1. The minimum Gasteiger partial charge on any atom is -0.461 e. The van der Waals surface area contributed by atoms with Gasteiger partial charge in [-0.15, -0.1) is 0 Å². The van der Waals surface area contributed by atoms with E-state index in [0.29, 0.717) is 5.76 Å². The van der Waals surface area contributed by atoms with E-state index in [-0.39, 0.29) is 0 Å². The molecule has 2 rings (SSSR count). The Morgan fingerprint density at radius 3 is 2.91 bits per heavy atom. The van der Waals surface area contributed by atoms with Crippen molar-refractivity contribution in [2.75, 3.05) is 0 Å². The maximum atomic E-state index is 5.77. The lowest BCUT2D eigenvalue weighted by Crippen LogP contribution is -1.62. The van der Waals surface area contributed by atoms with Gasteiger partial charge in [0.1, 0.15) is 11.3 Å². The standard InChI is InChI=1S/C9H6ClO/c1-6-4-7-5-8(10)2-3-9(7)11-6/h2-5H,1H2. The Bertz CT molecular complexity index is 389. The van der Waals surface area contributed by atoms with Gasteiger partial charge in [0.15, 0.2) is 0 Å². The first kappa shape index (κ1) is 6.74. The van der Waals surface area contributed by atoms with Crippen LogP contribution in [0.1, 0.15) is 5.76 Å². The zero-order valence-corrected chi connectivity index (χ0v) is 6.56. The third-order valence-electron chi connectivity index (χ3n) is 1.53. The highest BCUT2D eigenvalue weighted by atomic mass is 35.5. The highest BCUT2D eigenvalue weighted by Crippen LogP contribution is 2.22. The van der Waals surface area contributed by atoms with E-state index in [0.717, 1.165) is 16.0 Å². The molecule has 2 heteroatoms. The largest absolute Gasteiger partial charge is 0.461 e. The van der Waals surface area contributed by atoms with E-state index >= 15 is 0 Å². The van der Waals surface area contributed by atoms with Gasteiger partial charge in [0.25, 0.3) is 0 Å². The van der Waals surface area contributed by atoms with Gasteiger partial charge in [-0.2, -0.15) is 0 Å². The third kappa shape index (κ3) is 1.12. The van der Waals surface area contributed by atoms with Crippen molar-refractivity contribution in [3.05, 3.63) is 42.0 Å². The smallest absolute Gasteiger partial charge is 0.134 e. The molecule has 11 heavy (non-hydrogen) atoms. The molecule has 0 N–H and O–H groups in total. The van der Waals surface area contributed by atoms with Gasteiger partial charge >= 0.3 is 0 Å². The Morgan fingerprint density at radius 1 is 1.27 bits per heavy atom. The molecule has 2 aromatic rings. The van der Waals surface area contributed by atoms with Gasteiger partial charge in [0.05, 0.1) is 0 Å². The zero-order valence-electron chi connectivity index (χ0n) is 5.80. The van der Waals surface area contributed by atoms with Crippen molar-refractivity contribution in [3.63, 3.8) is 0 Å². The van der Waals surface area contributed by atoms with E-state index in [1.54, 1.807) is 6.07 Å². The summed E-state index contributed by atoms with van der Waals surface area (Å²) in [4.78, 5) is 0. The van der Waals surface area contributed by atoms with Gasteiger partial charge in [0, 0.05) is 17.3 Å². The van der Waals surface area contributed by atoms with Crippen LogP contribution in [-0.2, 0) is 0 Å². The molecule has 1 heterocycles. The molecular formula is C9H6ClO. The van der Waals surface area contributed by atoms with Crippen LogP contribution in [0.4, 0.5) is 0 Å². The molecule has 1 aromatic heterocycles. The fourth-order valence-electron chi connectivity index (χ4n) is 1.07. The van der Waals surface area contributed by atoms with E-state index < -0.39 is 0 Å². The van der Waals surface area contributed by atoms with Crippen molar-refractivity contribution in [2.24, 2.45) is 0 Å². The summed E-state index contributed by atoms with van der Waals surface area (Å²) in [5.41, 5.74) is 0.833. The average molecular weight is 166 g/mol. The predicted octanol–water partition coefficient (Wildman–Crippen LogP) is 3.27. The van der Waals surface area contributed by atoms with Crippen LogP contribution < -0.4 is 0 Å². The molecule has 0 saturated heterocycles. The Hall–Kier alpha value is -0.950. The lowest BCUT2D eigenvalue weighted by Gasteiger charge is -1.87. The van der Waals surface area contributed by atoms with E-state index in [4.69, 9.17) is 16.0 Å². The molecule has 1 aromatic carbocycles. The quantitative estimate of drug-likeness (QED) is 0.584. The highest BCUT2D eigenvalue weighted by molar-refractivity contribution is 6.31. The Kier molecular flexibility index (Phi) is 1.40. The molecule has 0 aliphatic heterocycles. The van der Waals surface area contributed by atoms with Crippen LogP contribution in [0.5, 0.6) is 0 Å². The molecule has 0 fully saturated rings. The maximum Gasteiger partial charge on any atom is 0.134 e. The summed E-state index contributed by atoms with van der Waals surface area (Å²) >= 11 is 5.77. The lowest BCUT2D eigenvalue weighted by atomic mass is 10.2. The van der Waals surface area contributed by atoms with Gasteiger partial charge in [0.2, 0.25) is 0 Å². The SMILES string of the molecule is [CH2]c1cc2cc(Cl)ccc2o1. The molecule has 0 aliphatic rings. The van der Waals surface area contributed by atoms with Gasteiger partial charge < -0.3 is 4.42 Å². The van der Waals surface area contributed by atoms with Gasteiger partial charge in [-0.3, -0.25) is 0 Å². The van der Waals surface area contributed by atoms with Crippen LogP contribution in [0.3, 0.4) is 0 Å². The Labute approximate surface area is 69.6 Å². The number of hydrogen-bond acceptors (Lipinski definition) is 1. The second kappa shape index (κ2) is 2.28. The second-order valence-electron chi connectivity index (χ2n) is 2.39. The second-order valence-corrected chi connectivity index (χ2v) is 2.83. The summed E-state index contributed by atoms with van der Waals surface area (Å²) in [6.45, 7) is 3.68. The molecule has 0 unspecified atom stereocenters. The van der Waals surface area contributed by atoms with Crippen molar-refractivity contribution in [1.82, 2.24) is 0 Å². The molecule has 0 aliphatic carbocycles. The van der Waals surface area contributed by atoms with Crippen LogP contribution in [0.15, 0.2) is 28.7 Å². The Balaban J connectivity index is 2.82. The monoisotopic (exact) mass is 165 g/mol. The summed E-state index contributed by atoms with van der Waals surface area (Å²) in [5.74, 6) is 0.669. The van der Waals surface area contributed by atoms with E-state index in [1.807, 2.05) is 18.2 Å². The first-order valence-electron chi connectivity index (χ1n) is 3.27. The summed E-state index contributed by atoms with van der Waals surface area (Å²) in [6, 6.07) is 7.36. The number of furan rings is 1. The normalized spacial score (nSPS) is 10.7. The van der Waals surface area contributed by atoms with Gasteiger partial charge in [-0.1, -0.05) is 11.6 Å². The fraction of sp³-hybridized carbons (Fsp3) is 0. The van der Waals surface area contributed by atoms with Crippen molar-refractivity contribution in [1.29, 1.82) is 0 Å². The first-order valence-corrected chi connectivity index (χ1v) is 3.64. The molecule has 0 amide bonds. The first-order chi connectivity index (χ1) is 5.25. The third-order valence-corrected chi connectivity index (χ3v) is 1.76. The predicted molar refractivity (Wildman–Crippen MR) is 45.7 cm³/mol. The van der Waals surface area contributed by atoms with Crippen molar-refractivity contribution >= 4 is 22.6 Å². The van der Waals surface area contributed by atoms with Crippen molar-refractivity contribution in [3.8, 4) is 0 Å². The fourth-order valence-corrected chi connectivity index (χ4v) is 1.25. The lowest BCUT2D eigenvalue weighted by molar-refractivity contribution is 0.595. The van der Waals surface area contributed by atoms with Crippen LogP contribution in [-0.4, -0.2) is 0 Å². The zero-order chi connectivity index (χ0) is 7.84. The van der Waals surface area contributed by atoms with E-state index in [2.05, 4.69) is 6.92 Å². The number of hydrogen-bond donors (Lipinski definition) is 0. The maximum absolute atomic E-state index is 5.77. The Morgan fingerprint density at radius 2 is 2.09 bits per heavy atom. The van der Waals surface area contributed by atoms with Crippen molar-refractivity contribution in [2.45, 2.75) is 0 Å². The van der Waals surface area contributed by atoms with E-state index in [9.17, 15) is 0 Å². The minimum absolute atomic E-state index is 0.669. The molecule has 0 bridgehead atoms. The molecule has 1 nitrogen and oxygen atoms in total. The topological polar surface area (TPSA) is 13.1 Å². The molecule has 55 valence electrons. The van der Waals surface area contributed by atoms with Crippen LogP contribution in [0.25, 0.3) is 11.0 Å². The summed E-state index contributed by atoms with van der Waals surface area (Å²) in [6.07, 6.45) is 0. The summed E-state index contributed by atoms with van der Waals surface area (Å²) < 4.78 is 5.25. The molecule has 0 saturated carbocycles. The van der Waals surface area contributed by atoms with E-state index in [1.165, 1.54) is 0 Å². The molecule has 1 radical (unpaired) electrons. The average Bonchev–Trinajstić information content (AvgIpc) is 2.27. The molecule has 0 spiro atoms.